The molecule has 0 fully saturated rings. The number of alkyl halides is 3. The minimum Gasteiger partial charge on any atom is -0.424 e. The fourth-order valence-electron chi connectivity index (χ4n) is 2.63. The molecule has 0 atom stereocenters. The van der Waals surface area contributed by atoms with E-state index in [1.54, 1.807) is 17.4 Å². The lowest BCUT2D eigenvalue weighted by molar-refractivity contribution is -0.317. The molecule has 144 valence electrons. The van der Waals surface area contributed by atoms with Crippen LogP contribution in [0.15, 0.2) is 48.5 Å². The lowest BCUT2D eigenvalue weighted by Crippen LogP contribution is -2.65. The van der Waals surface area contributed by atoms with Gasteiger partial charge in [0, 0.05) is 5.69 Å². The van der Waals surface area contributed by atoms with E-state index in [-0.39, 0.29) is 11.5 Å². The second-order valence-electron chi connectivity index (χ2n) is 6.14. The zero-order valence-corrected chi connectivity index (χ0v) is 14.6. The van der Waals surface area contributed by atoms with Crippen molar-refractivity contribution in [3.8, 4) is 11.5 Å². The van der Waals surface area contributed by atoms with Crippen LogP contribution in [0.3, 0.4) is 0 Å². The van der Waals surface area contributed by atoms with Crippen molar-refractivity contribution in [3.05, 3.63) is 54.1 Å². The zero-order chi connectivity index (χ0) is 19.5. The van der Waals surface area contributed by atoms with Crippen LogP contribution in [0.25, 0.3) is 0 Å². The SMILES string of the molecule is CCCCc1ccc(NC(=O)NC2(C(F)(F)F)Oc3ccccc3O2)cc1. The fraction of sp³-hybridized carbons (Fsp3) is 0.316. The highest BCUT2D eigenvalue weighted by Crippen LogP contribution is 2.44. The van der Waals surface area contributed by atoms with Crippen molar-refractivity contribution in [2.75, 3.05) is 5.32 Å². The molecule has 27 heavy (non-hydrogen) atoms. The number of carbonyl (C=O) groups is 1. The average molecular weight is 380 g/mol. The highest BCUT2D eigenvalue weighted by Gasteiger charge is 2.65. The highest BCUT2D eigenvalue weighted by atomic mass is 19.4. The second-order valence-corrected chi connectivity index (χ2v) is 6.14. The number of para-hydroxylation sites is 2. The van der Waals surface area contributed by atoms with E-state index < -0.39 is 18.1 Å². The Labute approximate surface area is 154 Å². The van der Waals surface area contributed by atoms with Gasteiger partial charge in [-0.15, -0.1) is 0 Å². The monoisotopic (exact) mass is 380 g/mol. The van der Waals surface area contributed by atoms with Crippen molar-refractivity contribution in [2.24, 2.45) is 0 Å². The van der Waals surface area contributed by atoms with E-state index in [0.717, 1.165) is 24.8 Å². The van der Waals surface area contributed by atoms with Gasteiger partial charge in [0.15, 0.2) is 11.5 Å². The lowest BCUT2D eigenvalue weighted by atomic mass is 10.1. The van der Waals surface area contributed by atoms with Crippen LogP contribution in [0.1, 0.15) is 25.3 Å². The van der Waals surface area contributed by atoms with E-state index in [4.69, 9.17) is 9.47 Å². The summed E-state index contributed by atoms with van der Waals surface area (Å²) in [7, 11) is 0. The molecule has 0 spiro atoms. The molecule has 0 aromatic heterocycles. The predicted octanol–water partition coefficient (Wildman–Crippen LogP) is 4.84. The molecule has 2 N–H and O–H groups in total. The first kappa shape index (κ1) is 18.9. The topological polar surface area (TPSA) is 59.6 Å². The van der Waals surface area contributed by atoms with E-state index in [1.165, 1.54) is 24.3 Å². The quantitative estimate of drug-likeness (QED) is 0.781. The molecule has 5 nitrogen and oxygen atoms in total. The molecule has 2 aromatic carbocycles. The predicted molar refractivity (Wildman–Crippen MR) is 93.7 cm³/mol. The minimum absolute atomic E-state index is 0.101. The van der Waals surface area contributed by atoms with Crippen LogP contribution in [0.2, 0.25) is 0 Å². The number of ether oxygens (including phenoxy) is 2. The molecule has 0 aliphatic carbocycles. The Balaban J connectivity index is 1.69. The van der Waals surface area contributed by atoms with Crippen LogP contribution in [0, 0.1) is 0 Å². The lowest BCUT2D eigenvalue weighted by Gasteiger charge is -2.29. The summed E-state index contributed by atoms with van der Waals surface area (Å²) in [6.07, 6.45) is -1.99. The zero-order valence-electron chi connectivity index (χ0n) is 14.6. The number of rotatable bonds is 5. The summed E-state index contributed by atoms with van der Waals surface area (Å²) in [6, 6.07) is 11.5. The Morgan fingerprint density at radius 3 is 2.15 bits per heavy atom. The van der Waals surface area contributed by atoms with Crippen molar-refractivity contribution >= 4 is 11.7 Å². The number of fused-ring (bicyclic) bond motifs is 1. The van der Waals surface area contributed by atoms with Gasteiger partial charge in [0.05, 0.1) is 0 Å². The summed E-state index contributed by atoms with van der Waals surface area (Å²) < 4.78 is 50.5. The van der Waals surface area contributed by atoms with Crippen LogP contribution in [-0.2, 0) is 6.42 Å². The number of amides is 2. The number of urea groups is 1. The van der Waals surface area contributed by atoms with Crippen molar-refractivity contribution in [1.29, 1.82) is 0 Å². The Kier molecular flexibility index (Phi) is 5.16. The van der Waals surface area contributed by atoms with E-state index in [0.29, 0.717) is 5.69 Å². The van der Waals surface area contributed by atoms with Gasteiger partial charge in [-0.2, -0.15) is 13.2 Å². The number of halogens is 3. The van der Waals surface area contributed by atoms with Gasteiger partial charge >= 0.3 is 18.1 Å². The average Bonchev–Trinajstić information content (AvgIpc) is 3.00. The van der Waals surface area contributed by atoms with Crippen LogP contribution in [0.5, 0.6) is 11.5 Å². The van der Waals surface area contributed by atoms with Gasteiger partial charge in [0.2, 0.25) is 0 Å². The first-order valence-electron chi connectivity index (χ1n) is 8.55. The third kappa shape index (κ3) is 4.10. The van der Waals surface area contributed by atoms with Gasteiger partial charge in [-0.05, 0) is 42.7 Å². The normalized spacial score (nSPS) is 14.7. The molecule has 1 aliphatic heterocycles. The Bertz CT molecular complexity index is 782. The van der Waals surface area contributed by atoms with Crippen molar-refractivity contribution < 1.29 is 27.4 Å². The summed E-state index contributed by atoms with van der Waals surface area (Å²) in [4.78, 5) is 12.1. The summed E-state index contributed by atoms with van der Waals surface area (Å²) in [6.45, 7) is 2.09. The maximum Gasteiger partial charge on any atom is 0.492 e. The summed E-state index contributed by atoms with van der Waals surface area (Å²) in [5.74, 6) is -3.48. The number of aryl methyl sites for hydroxylation is 1. The first-order valence-corrected chi connectivity index (χ1v) is 8.55. The maximum atomic E-state index is 13.6. The summed E-state index contributed by atoms with van der Waals surface area (Å²) in [5, 5.41) is 4.12. The molecule has 1 heterocycles. The van der Waals surface area contributed by atoms with Gasteiger partial charge in [0.25, 0.3) is 0 Å². The molecule has 0 bridgehead atoms. The largest absolute Gasteiger partial charge is 0.492 e. The van der Waals surface area contributed by atoms with Gasteiger partial charge in [-0.25, -0.2) is 4.79 Å². The molecule has 2 amide bonds. The number of carbonyl (C=O) groups excluding carboxylic acids is 1. The van der Waals surface area contributed by atoms with Crippen molar-refractivity contribution in [2.45, 2.75) is 38.3 Å². The van der Waals surface area contributed by atoms with Crippen molar-refractivity contribution in [3.63, 3.8) is 0 Å². The third-order valence-corrected chi connectivity index (χ3v) is 4.04. The van der Waals surface area contributed by atoms with Gasteiger partial charge in [-0.1, -0.05) is 37.6 Å². The van der Waals surface area contributed by atoms with Crippen LogP contribution < -0.4 is 20.1 Å². The van der Waals surface area contributed by atoms with Crippen LogP contribution >= 0.6 is 0 Å². The van der Waals surface area contributed by atoms with Crippen molar-refractivity contribution in [1.82, 2.24) is 5.32 Å². The van der Waals surface area contributed by atoms with E-state index in [2.05, 4.69) is 12.2 Å². The second kappa shape index (κ2) is 7.38. The molecule has 0 radical (unpaired) electrons. The Morgan fingerprint density at radius 1 is 1.04 bits per heavy atom. The number of unbranched alkanes of at least 4 members (excludes halogenated alkanes) is 1. The molecule has 8 heteroatoms. The third-order valence-electron chi connectivity index (χ3n) is 4.04. The molecular weight excluding hydrogens is 361 g/mol. The number of nitrogens with one attached hydrogen (secondary N) is 2. The molecule has 0 unspecified atom stereocenters. The van der Waals surface area contributed by atoms with Crippen LogP contribution in [0.4, 0.5) is 23.7 Å². The van der Waals surface area contributed by atoms with Gasteiger partial charge in [0.1, 0.15) is 0 Å². The number of benzene rings is 2. The van der Waals surface area contributed by atoms with Gasteiger partial charge < -0.3 is 14.8 Å². The molecule has 2 aromatic rings. The molecular formula is C19H19F3N2O3. The van der Waals surface area contributed by atoms with E-state index >= 15 is 0 Å². The molecule has 3 rings (SSSR count). The Hall–Kier alpha value is -2.90. The molecule has 0 saturated heterocycles. The molecule has 0 saturated carbocycles. The van der Waals surface area contributed by atoms with Gasteiger partial charge in [-0.3, -0.25) is 5.32 Å². The fourth-order valence-corrected chi connectivity index (χ4v) is 2.63. The molecule has 1 aliphatic rings. The summed E-state index contributed by atoms with van der Waals surface area (Å²) >= 11 is 0. The number of hydrogen-bond acceptors (Lipinski definition) is 3. The Morgan fingerprint density at radius 2 is 1.63 bits per heavy atom. The van der Waals surface area contributed by atoms with E-state index in [1.807, 2.05) is 12.1 Å². The standard InChI is InChI=1S/C19H19F3N2O3/c1-2-3-6-13-9-11-14(12-10-13)23-17(25)24-19(18(20,21)22)26-15-7-4-5-8-16(15)27-19/h4-5,7-12H,2-3,6H2,1H3,(H2,23,24,25). The smallest absolute Gasteiger partial charge is 0.424 e. The first-order chi connectivity index (χ1) is 12.8. The number of hydrogen-bond donors (Lipinski definition) is 2. The summed E-state index contributed by atoms with van der Waals surface area (Å²) in [5.41, 5.74) is 1.45. The van der Waals surface area contributed by atoms with Crippen LogP contribution in [-0.4, -0.2) is 18.1 Å². The van der Waals surface area contributed by atoms with E-state index in [9.17, 15) is 18.0 Å². The maximum absolute atomic E-state index is 13.6. The highest BCUT2D eigenvalue weighted by molar-refractivity contribution is 5.89. The number of anilines is 1. The minimum atomic E-state index is -4.99.